The van der Waals surface area contributed by atoms with Crippen LogP contribution in [0.25, 0.3) is 5.69 Å². The molecule has 0 radical (unpaired) electrons. The number of nitrogens with one attached hydrogen (secondary N) is 1. The molecular formula is C21H22N4O4. The molecule has 0 fully saturated rings. The molecule has 2 aromatic carbocycles. The third-order valence-corrected chi connectivity index (χ3v) is 4.43. The number of aryl methyl sites for hydroxylation is 1. The number of carbonyl (C=O) groups excluding carboxylic acids is 1. The highest BCUT2D eigenvalue weighted by Crippen LogP contribution is 2.26. The van der Waals surface area contributed by atoms with Crippen LogP contribution >= 0.6 is 0 Å². The molecule has 0 unspecified atom stereocenters. The zero-order valence-electron chi connectivity index (χ0n) is 16.3. The Labute approximate surface area is 168 Å². The van der Waals surface area contributed by atoms with Crippen molar-refractivity contribution in [3.8, 4) is 11.4 Å². The standard InChI is InChI=1S/C21H22N4O4/c1-3-4-11-29-17-6-7-18(15(2)12-17)23-21(26)16-5-8-19(20(13-16)25(27)28)24-10-9-22-14-24/h5-10,12-14H,3-4,11H2,1-2H3,(H,23,26). The van der Waals surface area contributed by atoms with Gasteiger partial charge in [0.25, 0.3) is 11.6 Å². The maximum Gasteiger partial charge on any atom is 0.294 e. The molecule has 150 valence electrons. The van der Waals surface area contributed by atoms with Crippen LogP contribution in [0.1, 0.15) is 35.7 Å². The Morgan fingerprint density at radius 1 is 1.28 bits per heavy atom. The van der Waals surface area contributed by atoms with Gasteiger partial charge in [0.05, 0.1) is 17.9 Å². The van der Waals surface area contributed by atoms with E-state index in [0.29, 0.717) is 18.0 Å². The van der Waals surface area contributed by atoms with Crippen LogP contribution in [0.15, 0.2) is 55.1 Å². The number of rotatable bonds is 8. The number of imidazole rings is 1. The predicted molar refractivity (Wildman–Crippen MR) is 110 cm³/mol. The summed E-state index contributed by atoms with van der Waals surface area (Å²) in [5, 5.41) is 14.3. The number of hydrogen-bond acceptors (Lipinski definition) is 5. The minimum absolute atomic E-state index is 0.174. The molecule has 1 aromatic heterocycles. The number of benzene rings is 2. The number of nitrogens with zero attached hydrogens (tertiary/aromatic N) is 3. The predicted octanol–water partition coefficient (Wildman–Crippen LogP) is 4.52. The van der Waals surface area contributed by atoms with Crippen molar-refractivity contribution < 1.29 is 14.5 Å². The van der Waals surface area contributed by atoms with Crippen LogP contribution in [0.3, 0.4) is 0 Å². The highest BCUT2D eigenvalue weighted by atomic mass is 16.6. The molecule has 0 aliphatic rings. The first-order valence-corrected chi connectivity index (χ1v) is 9.31. The number of amides is 1. The number of aromatic nitrogens is 2. The van der Waals surface area contributed by atoms with Gasteiger partial charge in [-0.1, -0.05) is 13.3 Å². The number of nitro groups is 1. The molecule has 0 aliphatic carbocycles. The van der Waals surface area contributed by atoms with Crippen LogP contribution in [0.5, 0.6) is 5.75 Å². The van der Waals surface area contributed by atoms with Gasteiger partial charge in [0.1, 0.15) is 11.4 Å². The third-order valence-electron chi connectivity index (χ3n) is 4.43. The summed E-state index contributed by atoms with van der Waals surface area (Å²) in [4.78, 5) is 27.5. The number of carbonyl (C=O) groups is 1. The Morgan fingerprint density at radius 3 is 2.76 bits per heavy atom. The van der Waals surface area contributed by atoms with E-state index >= 15 is 0 Å². The van der Waals surface area contributed by atoms with Crippen molar-refractivity contribution in [2.75, 3.05) is 11.9 Å². The van der Waals surface area contributed by atoms with Gasteiger partial charge in [-0.2, -0.15) is 0 Å². The second kappa shape index (κ2) is 9.01. The zero-order chi connectivity index (χ0) is 20.8. The fourth-order valence-electron chi connectivity index (χ4n) is 2.83. The highest BCUT2D eigenvalue weighted by molar-refractivity contribution is 6.05. The molecule has 1 N–H and O–H groups in total. The molecule has 0 aliphatic heterocycles. The number of anilines is 1. The number of ether oxygens (including phenoxy) is 1. The quantitative estimate of drug-likeness (QED) is 0.344. The first-order chi connectivity index (χ1) is 14.0. The molecule has 0 saturated heterocycles. The Hall–Kier alpha value is -3.68. The van der Waals surface area contributed by atoms with E-state index in [0.717, 1.165) is 24.2 Å². The van der Waals surface area contributed by atoms with E-state index in [1.807, 2.05) is 13.0 Å². The Kier molecular flexibility index (Phi) is 6.23. The second-order valence-electron chi connectivity index (χ2n) is 6.56. The maximum atomic E-state index is 12.7. The molecular weight excluding hydrogens is 372 g/mol. The average Bonchev–Trinajstić information content (AvgIpc) is 3.24. The van der Waals surface area contributed by atoms with E-state index < -0.39 is 10.8 Å². The van der Waals surface area contributed by atoms with Gasteiger partial charge in [-0.15, -0.1) is 0 Å². The van der Waals surface area contributed by atoms with E-state index in [2.05, 4.69) is 17.2 Å². The highest BCUT2D eigenvalue weighted by Gasteiger charge is 2.19. The molecule has 0 saturated carbocycles. The SMILES string of the molecule is CCCCOc1ccc(NC(=O)c2ccc(-n3ccnc3)c([N+](=O)[O-])c2)c(C)c1. The second-order valence-corrected chi connectivity index (χ2v) is 6.56. The molecule has 8 heteroatoms. The van der Waals surface area contributed by atoms with Gasteiger partial charge in [0.2, 0.25) is 0 Å². The van der Waals surface area contributed by atoms with Gasteiger partial charge in [-0.3, -0.25) is 14.9 Å². The summed E-state index contributed by atoms with van der Waals surface area (Å²) in [5.74, 6) is 0.322. The zero-order valence-corrected chi connectivity index (χ0v) is 16.3. The summed E-state index contributed by atoms with van der Waals surface area (Å²) in [6.07, 6.45) is 6.64. The Balaban J connectivity index is 1.79. The van der Waals surface area contributed by atoms with Crippen molar-refractivity contribution in [3.63, 3.8) is 0 Å². The van der Waals surface area contributed by atoms with Crippen LogP contribution in [0, 0.1) is 17.0 Å². The summed E-state index contributed by atoms with van der Waals surface area (Å²) in [5.41, 5.74) is 1.83. The lowest BCUT2D eigenvalue weighted by atomic mass is 10.1. The summed E-state index contributed by atoms with van der Waals surface area (Å²) >= 11 is 0. The molecule has 1 heterocycles. The lowest BCUT2D eigenvalue weighted by Crippen LogP contribution is -2.13. The third kappa shape index (κ3) is 4.78. The van der Waals surface area contributed by atoms with Gasteiger partial charge in [-0.05, 0) is 49.2 Å². The van der Waals surface area contributed by atoms with E-state index in [1.54, 1.807) is 24.4 Å². The van der Waals surface area contributed by atoms with Gasteiger partial charge in [0.15, 0.2) is 0 Å². The lowest BCUT2D eigenvalue weighted by molar-refractivity contribution is -0.384. The molecule has 0 bridgehead atoms. The number of nitro benzene ring substituents is 1. The monoisotopic (exact) mass is 394 g/mol. The van der Waals surface area contributed by atoms with Crippen molar-refractivity contribution in [3.05, 3.63) is 76.4 Å². The van der Waals surface area contributed by atoms with Gasteiger partial charge < -0.3 is 14.6 Å². The topological polar surface area (TPSA) is 99.3 Å². The molecule has 8 nitrogen and oxygen atoms in total. The van der Waals surface area contributed by atoms with Gasteiger partial charge in [-0.25, -0.2) is 4.98 Å². The molecule has 3 aromatic rings. The number of unbranched alkanes of at least 4 members (excludes halogenated alkanes) is 1. The fraction of sp³-hybridized carbons (Fsp3) is 0.238. The fourth-order valence-corrected chi connectivity index (χ4v) is 2.83. The number of hydrogen-bond donors (Lipinski definition) is 1. The van der Waals surface area contributed by atoms with Gasteiger partial charge in [0, 0.05) is 29.7 Å². The molecule has 3 rings (SSSR count). The Bertz CT molecular complexity index is 1020. The maximum absolute atomic E-state index is 12.7. The summed E-state index contributed by atoms with van der Waals surface area (Å²) in [6, 6.07) is 9.77. The summed E-state index contributed by atoms with van der Waals surface area (Å²) < 4.78 is 7.20. The first kappa shape index (κ1) is 20.1. The van der Waals surface area contributed by atoms with Crippen molar-refractivity contribution in [2.24, 2.45) is 0 Å². The Morgan fingerprint density at radius 2 is 2.10 bits per heavy atom. The van der Waals surface area contributed by atoms with E-state index in [1.165, 1.54) is 29.2 Å². The molecule has 0 spiro atoms. The van der Waals surface area contributed by atoms with Crippen molar-refractivity contribution in [1.82, 2.24) is 9.55 Å². The van der Waals surface area contributed by atoms with Crippen LogP contribution in [-0.2, 0) is 0 Å². The summed E-state index contributed by atoms with van der Waals surface area (Å²) in [7, 11) is 0. The van der Waals surface area contributed by atoms with E-state index in [-0.39, 0.29) is 11.3 Å². The van der Waals surface area contributed by atoms with Crippen molar-refractivity contribution in [2.45, 2.75) is 26.7 Å². The molecule has 0 atom stereocenters. The smallest absolute Gasteiger partial charge is 0.294 e. The molecule has 29 heavy (non-hydrogen) atoms. The van der Waals surface area contributed by atoms with E-state index in [4.69, 9.17) is 4.74 Å². The van der Waals surface area contributed by atoms with E-state index in [9.17, 15) is 14.9 Å². The van der Waals surface area contributed by atoms with Crippen LogP contribution in [0.2, 0.25) is 0 Å². The van der Waals surface area contributed by atoms with Crippen molar-refractivity contribution in [1.29, 1.82) is 0 Å². The van der Waals surface area contributed by atoms with Crippen molar-refractivity contribution >= 4 is 17.3 Å². The first-order valence-electron chi connectivity index (χ1n) is 9.31. The minimum Gasteiger partial charge on any atom is -0.494 e. The largest absolute Gasteiger partial charge is 0.494 e. The lowest BCUT2D eigenvalue weighted by Gasteiger charge is -2.12. The minimum atomic E-state index is -0.514. The van der Waals surface area contributed by atoms with Crippen LogP contribution in [0.4, 0.5) is 11.4 Å². The molecule has 1 amide bonds. The normalized spacial score (nSPS) is 10.6. The van der Waals surface area contributed by atoms with Crippen LogP contribution < -0.4 is 10.1 Å². The van der Waals surface area contributed by atoms with Crippen LogP contribution in [-0.4, -0.2) is 27.0 Å². The van der Waals surface area contributed by atoms with Gasteiger partial charge >= 0.3 is 0 Å². The average molecular weight is 394 g/mol. The summed E-state index contributed by atoms with van der Waals surface area (Å²) in [6.45, 7) is 4.61.